The number of nitrogens with zero attached hydrogens (tertiary/aromatic N) is 2. The summed E-state index contributed by atoms with van der Waals surface area (Å²) < 4.78 is 13.9. The molecular formula is C19H19ClFN3O2. The summed E-state index contributed by atoms with van der Waals surface area (Å²) in [4.78, 5) is 27.5. The molecule has 1 aliphatic rings. The number of hydrogen-bond donors (Lipinski definition) is 1. The SMILES string of the molecule is CN(Cc1c(F)cccc1Cl)CN1C(=O)NC(Cc2ccccc2)C1=O. The number of benzene rings is 2. The Morgan fingerprint density at radius 3 is 2.58 bits per heavy atom. The molecule has 0 saturated carbocycles. The summed E-state index contributed by atoms with van der Waals surface area (Å²) in [7, 11) is 1.70. The van der Waals surface area contributed by atoms with Gasteiger partial charge in [-0.2, -0.15) is 0 Å². The molecule has 26 heavy (non-hydrogen) atoms. The normalized spacial score (nSPS) is 17.1. The lowest BCUT2D eigenvalue weighted by atomic mass is 10.1. The topological polar surface area (TPSA) is 52.6 Å². The monoisotopic (exact) mass is 375 g/mol. The highest BCUT2D eigenvalue weighted by molar-refractivity contribution is 6.31. The van der Waals surface area contributed by atoms with Gasteiger partial charge in [-0.1, -0.05) is 48.0 Å². The molecule has 1 aliphatic heterocycles. The van der Waals surface area contributed by atoms with Crippen LogP contribution in [0.1, 0.15) is 11.1 Å². The maximum Gasteiger partial charge on any atom is 0.325 e. The van der Waals surface area contributed by atoms with E-state index in [0.717, 1.165) is 10.5 Å². The lowest BCUT2D eigenvalue weighted by molar-refractivity contribution is -0.128. The summed E-state index contributed by atoms with van der Waals surface area (Å²) >= 11 is 6.03. The molecule has 0 bridgehead atoms. The second-order valence-corrected chi connectivity index (χ2v) is 6.72. The van der Waals surface area contributed by atoms with E-state index >= 15 is 0 Å². The smallest absolute Gasteiger partial charge is 0.325 e. The van der Waals surface area contributed by atoms with Crippen LogP contribution in [0.5, 0.6) is 0 Å². The van der Waals surface area contributed by atoms with Gasteiger partial charge in [0.25, 0.3) is 5.91 Å². The van der Waals surface area contributed by atoms with Gasteiger partial charge < -0.3 is 5.32 Å². The molecule has 3 rings (SSSR count). The van der Waals surface area contributed by atoms with Crippen LogP contribution >= 0.6 is 11.6 Å². The first-order valence-corrected chi connectivity index (χ1v) is 8.60. The Balaban J connectivity index is 1.64. The summed E-state index contributed by atoms with van der Waals surface area (Å²) in [5.41, 5.74) is 1.31. The second-order valence-electron chi connectivity index (χ2n) is 6.31. The van der Waals surface area contributed by atoms with Crippen LogP contribution in [-0.4, -0.2) is 41.5 Å². The van der Waals surface area contributed by atoms with Crippen molar-refractivity contribution in [2.75, 3.05) is 13.7 Å². The third kappa shape index (κ3) is 4.03. The molecular weight excluding hydrogens is 357 g/mol. The molecule has 1 heterocycles. The highest BCUT2D eigenvalue weighted by Gasteiger charge is 2.38. The van der Waals surface area contributed by atoms with Crippen LogP contribution in [0.2, 0.25) is 5.02 Å². The minimum atomic E-state index is -0.588. The lowest BCUT2D eigenvalue weighted by Crippen LogP contribution is -2.40. The number of urea groups is 1. The summed E-state index contributed by atoms with van der Waals surface area (Å²) in [6, 6.07) is 12.9. The zero-order valence-corrected chi connectivity index (χ0v) is 15.0. The number of hydrogen-bond acceptors (Lipinski definition) is 3. The van der Waals surface area contributed by atoms with Crippen molar-refractivity contribution in [1.82, 2.24) is 15.1 Å². The first-order chi connectivity index (χ1) is 12.5. The van der Waals surface area contributed by atoms with Crippen molar-refractivity contribution < 1.29 is 14.0 Å². The molecule has 0 aromatic heterocycles. The Labute approximate surface area is 156 Å². The predicted molar refractivity (Wildman–Crippen MR) is 97.1 cm³/mol. The minimum Gasteiger partial charge on any atom is -0.325 e. The number of nitrogens with one attached hydrogen (secondary N) is 1. The van der Waals surface area contributed by atoms with E-state index in [1.807, 2.05) is 30.3 Å². The number of carbonyl (C=O) groups excluding carboxylic acids is 2. The van der Waals surface area contributed by atoms with E-state index in [2.05, 4.69) is 5.32 Å². The van der Waals surface area contributed by atoms with E-state index in [9.17, 15) is 14.0 Å². The van der Waals surface area contributed by atoms with Gasteiger partial charge in [0.05, 0.1) is 6.67 Å². The molecule has 2 aromatic carbocycles. The standard InChI is InChI=1S/C19H19ClFN3O2/c1-23(11-14-15(20)8-5-9-16(14)21)12-24-18(25)17(22-19(24)26)10-13-6-3-2-4-7-13/h2-9,17H,10-12H2,1H3,(H,22,26). The quantitative estimate of drug-likeness (QED) is 0.789. The van der Waals surface area contributed by atoms with Gasteiger partial charge in [-0.15, -0.1) is 0 Å². The maximum atomic E-state index is 13.9. The number of amides is 3. The van der Waals surface area contributed by atoms with E-state index in [4.69, 9.17) is 11.6 Å². The van der Waals surface area contributed by atoms with Gasteiger partial charge >= 0.3 is 6.03 Å². The summed E-state index contributed by atoms with van der Waals surface area (Å²) in [5, 5.41) is 3.02. The third-order valence-electron chi connectivity index (χ3n) is 4.26. The third-order valence-corrected chi connectivity index (χ3v) is 4.62. The lowest BCUT2D eigenvalue weighted by Gasteiger charge is -2.22. The molecule has 136 valence electrons. The van der Waals surface area contributed by atoms with E-state index in [1.54, 1.807) is 18.0 Å². The summed E-state index contributed by atoms with van der Waals surface area (Å²) in [6.07, 6.45) is 0.435. The van der Waals surface area contributed by atoms with Crippen molar-refractivity contribution in [1.29, 1.82) is 0 Å². The van der Waals surface area contributed by atoms with E-state index in [0.29, 0.717) is 17.0 Å². The van der Waals surface area contributed by atoms with Crippen LogP contribution in [0.15, 0.2) is 48.5 Å². The number of carbonyl (C=O) groups is 2. The molecule has 0 aliphatic carbocycles. The molecule has 2 aromatic rings. The van der Waals surface area contributed by atoms with Crippen molar-refractivity contribution in [2.45, 2.75) is 19.0 Å². The van der Waals surface area contributed by atoms with E-state index in [1.165, 1.54) is 12.1 Å². The predicted octanol–water partition coefficient (Wildman–Crippen LogP) is 3.03. The highest BCUT2D eigenvalue weighted by atomic mass is 35.5. The minimum absolute atomic E-state index is 0.0562. The fourth-order valence-electron chi connectivity index (χ4n) is 2.94. The molecule has 1 saturated heterocycles. The summed E-state index contributed by atoms with van der Waals surface area (Å²) in [6.45, 7) is 0.243. The average molecular weight is 376 g/mol. The van der Waals surface area contributed by atoms with E-state index < -0.39 is 17.9 Å². The van der Waals surface area contributed by atoms with Crippen LogP contribution in [0.3, 0.4) is 0 Å². The van der Waals surface area contributed by atoms with Crippen LogP contribution in [0.25, 0.3) is 0 Å². The molecule has 1 fully saturated rings. The van der Waals surface area contributed by atoms with Gasteiger partial charge in [-0.3, -0.25) is 9.69 Å². The van der Waals surface area contributed by atoms with Crippen LogP contribution in [0, 0.1) is 5.82 Å². The fraction of sp³-hybridized carbons (Fsp3) is 0.263. The summed E-state index contributed by atoms with van der Waals surface area (Å²) in [5.74, 6) is -0.700. The van der Waals surface area contributed by atoms with Crippen molar-refractivity contribution in [3.63, 3.8) is 0 Å². The zero-order chi connectivity index (χ0) is 18.7. The fourth-order valence-corrected chi connectivity index (χ4v) is 3.17. The van der Waals surface area contributed by atoms with Crippen molar-refractivity contribution in [3.8, 4) is 0 Å². The molecule has 7 heteroatoms. The molecule has 1 N–H and O–H groups in total. The molecule has 1 unspecified atom stereocenters. The van der Waals surface area contributed by atoms with Gasteiger partial charge in [0.2, 0.25) is 0 Å². The Bertz CT molecular complexity index is 795. The van der Waals surface area contributed by atoms with Crippen molar-refractivity contribution in [2.24, 2.45) is 0 Å². The first kappa shape index (κ1) is 18.4. The molecule has 5 nitrogen and oxygen atoms in total. The molecule has 3 amide bonds. The van der Waals surface area contributed by atoms with Gasteiger partial charge in [-0.25, -0.2) is 14.1 Å². The highest BCUT2D eigenvalue weighted by Crippen LogP contribution is 2.21. The zero-order valence-electron chi connectivity index (χ0n) is 14.3. The van der Waals surface area contributed by atoms with Gasteiger partial charge in [0.15, 0.2) is 0 Å². The molecule has 1 atom stereocenters. The second kappa shape index (κ2) is 7.85. The molecule has 0 spiro atoms. The maximum absolute atomic E-state index is 13.9. The van der Waals surface area contributed by atoms with Gasteiger partial charge in [-0.05, 0) is 24.7 Å². The Morgan fingerprint density at radius 1 is 1.15 bits per heavy atom. The number of imide groups is 1. The van der Waals surface area contributed by atoms with Crippen LogP contribution in [0.4, 0.5) is 9.18 Å². The van der Waals surface area contributed by atoms with Crippen LogP contribution < -0.4 is 5.32 Å². The largest absolute Gasteiger partial charge is 0.325 e. The molecule has 0 radical (unpaired) electrons. The first-order valence-electron chi connectivity index (χ1n) is 8.23. The number of halogens is 2. The van der Waals surface area contributed by atoms with Gasteiger partial charge in [0.1, 0.15) is 11.9 Å². The van der Waals surface area contributed by atoms with Crippen molar-refractivity contribution >= 4 is 23.5 Å². The van der Waals surface area contributed by atoms with E-state index in [-0.39, 0.29) is 19.1 Å². The average Bonchev–Trinajstić information content (AvgIpc) is 2.87. The Kier molecular flexibility index (Phi) is 5.54. The Morgan fingerprint density at radius 2 is 1.88 bits per heavy atom. The van der Waals surface area contributed by atoms with Crippen LogP contribution in [-0.2, 0) is 17.8 Å². The van der Waals surface area contributed by atoms with Crippen molar-refractivity contribution in [3.05, 3.63) is 70.5 Å². The Hall–Kier alpha value is -2.44. The number of rotatable bonds is 6. The van der Waals surface area contributed by atoms with Gasteiger partial charge in [0, 0.05) is 23.6 Å².